The first kappa shape index (κ1) is 13.7. The Morgan fingerprint density at radius 1 is 1.38 bits per heavy atom. The van der Waals surface area contributed by atoms with E-state index in [0.29, 0.717) is 0 Å². The van der Waals surface area contributed by atoms with E-state index in [1.54, 1.807) is 0 Å². The molecule has 0 fully saturated rings. The molecular formula is C11H17BrN2OS. The van der Waals surface area contributed by atoms with Crippen LogP contribution in [0.5, 0.6) is 0 Å². The fourth-order valence-corrected chi connectivity index (χ4v) is 2.35. The lowest BCUT2D eigenvalue weighted by molar-refractivity contribution is 0.296. The average molecular weight is 305 g/mol. The van der Waals surface area contributed by atoms with Crippen molar-refractivity contribution in [3.8, 4) is 0 Å². The summed E-state index contributed by atoms with van der Waals surface area (Å²) in [6.45, 7) is 1.16. The van der Waals surface area contributed by atoms with Crippen LogP contribution in [0.15, 0.2) is 22.7 Å². The highest BCUT2D eigenvalue weighted by Gasteiger charge is 1.98. The molecule has 0 atom stereocenters. The zero-order chi connectivity index (χ0) is 11.8. The summed E-state index contributed by atoms with van der Waals surface area (Å²) in [5, 5.41) is 11.9. The van der Waals surface area contributed by atoms with Gasteiger partial charge >= 0.3 is 0 Å². The number of thioether (sulfide) groups is 1. The van der Waals surface area contributed by atoms with Gasteiger partial charge in [-0.2, -0.15) is 11.8 Å². The second kappa shape index (κ2) is 7.81. The average Bonchev–Trinajstić information content (AvgIpc) is 2.28. The van der Waals surface area contributed by atoms with Crippen LogP contribution in [0.4, 0.5) is 11.4 Å². The highest BCUT2D eigenvalue weighted by molar-refractivity contribution is 9.10. The van der Waals surface area contributed by atoms with Crippen molar-refractivity contribution in [2.24, 2.45) is 0 Å². The van der Waals surface area contributed by atoms with Crippen molar-refractivity contribution < 1.29 is 5.11 Å². The molecule has 0 amide bonds. The Morgan fingerprint density at radius 2 is 2.19 bits per heavy atom. The first-order valence-corrected chi connectivity index (χ1v) is 7.16. The minimum absolute atomic E-state index is 0.277. The number of aliphatic hydroxyl groups is 1. The Hall–Kier alpha value is -0.390. The van der Waals surface area contributed by atoms with Gasteiger partial charge in [0.25, 0.3) is 0 Å². The molecule has 0 aliphatic heterocycles. The molecule has 0 aliphatic carbocycles. The molecule has 0 spiro atoms. The third kappa shape index (κ3) is 5.09. The Labute approximate surface area is 109 Å². The summed E-state index contributed by atoms with van der Waals surface area (Å²) in [7, 11) is 0. The van der Waals surface area contributed by atoms with E-state index in [4.69, 9.17) is 10.8 Å². The molecule has 16 heavy (non-hydrogen) atoms. The fraction of sp³-hybridized carbons (Fsp3) is 0.455. The normalized spacial score (nSPS) is 10.4. The molecular weight excluding hydrogens is 288 g/mol. The summed E-state index contributed by atoms with van der Waals surface area (Å²) in [5.74, 6) is 2.03. The SMILES string of the molecule is Nc1ccc(Br)cc1NCCSCCCO. The second-order valence-corrected chi connectivity index (χ2v) is 5.49. The Balaban J connectivity index is 2.23. The molecule has 1 aromatic carbocycles. The zero-order valence-electron chi connectivity index (χ0n) is 9.08. The lowest BCUT2D eigenvalue weighted by Gasteiger charge is -2.09. The molecule has 0 aliphatic rings. The summed E-state index contributed by atoms with van der Waals surface area (Å²) in [5.41, 5.74) is 7.57. The number of aliphatic hydroxyl groups excluding tert-OH is 1. The van der Waals surface area contributed by atoms with Gasteiger partial charge in [0.1, 0.15) is 0 Å². The van der Waals surface area contributed by atoms with E-state index in [-0.39, 0.29) is 6.61 Å². The predicted octanol–water partition coefficient (Wildman–Crippen LogP) is 2.56. The number of halogens is 1. The molecule has 1 aromatic rings. The van der Waals surface area contributed by atoms with Crippen molar-refractivity contribution in [3.63, 3.8) is 0 Å². The maximum Gasteiger partial charge on any atom is 0.0585 e. The van der Waals surface area contributed by atoms with E-state index in [0.717, 1.165) is 40.3 Å². The van der Waals surface area contributed by atoms with Gasteiger partial charge < -0.3 is 16.2 Å². The van der Waals surface area contributed by atoms with Crippen LogP contribution < -0.4 is 11.1 Å². The summed E-state index contributed by atoms with van der Waals surface area (Å²) >= 11 is 5.24. The molecule has 0 saturated carbocycles. The molecule has 90 valence electrons. The van der Waals surface area contributed by atoms with Crippen LogP contribution in [0.2, 0.25) is 0 Å². The van der Waals surface area contributed by atoms with Crippen molar-refractivity contribution in [3.05, 3.63) is 22.7 Å². The number of nitrogens with two attached hydrogens (primary N) is 1. The minimum Gasteiger partial charge on any atom is -0.397 e. The van der Waals surface area contributed by atoms with Crippen LogP contribution in [-0.4, -0.2) is 29.8 Å². The van der Waals surface area contributed by atoms with Crippen molar-refractivity contribution in [1.29, 1.82) is 0 Å². The van der Waals surface area contributed by atoms with Gasteiger partial charge in [-0.3, -0.25) is 0 Å². The zero-order valence-corrected chi connectivity index (χ0v) is 11.5. The predicted molar refractivity (Wildman–Crippen MR) is 76.1 cm³/mol. The number of benzene rings is 1. The van der Waals surface area contributed by atoms with Crippen molar-refractivity contribution in [1.82, 2.24) is 0 Å². The quantitative estimate of drug-likeness (QED) is 0.535. The number of hydrogen-bond acceptors (Lipinski definition) is 4. The van der Waals surface area contributed by atoms with Gasteiger partial charge in [-0.25, -0.2) is 0 Å². The molecule has 4 N–H and O–H groups in total. The smallest absolute Gasteiger partial charge is 0.0585 e. The van der Waals surface area contributed by atoms with Crippen molar-refractivity contribution >= 4 is 39.1 Å². The van der Waals surface area contributed by atoms with E-state index in [9.17, 15) is 0 Å². The van der Waals surface area contributed by atoms with Gasteiger partial charge in [-0.15, -0.1) is 0 Å². The van der Waals surface area contributed by atoms with Gasteiger partial charge in [0.15, 0.2) is 0 Å². The lowest BCUT2D eigenvalue weighted by atomic mass is 10.3. The molecule has 0 bridgehead atoms. The van der Waals surface area contributed by atoms with E-state index in [1.807, 2.05) is 30.0 Å². The summed E-state index contributed by atoms with van der Waals surface area (Å²) in [4.78, 5) is 0. The lowest BCUT2D eigenvalue weighted by Crippen LogP contribution is -2.06. The van der Waals surface area contributed by atoms with E-state index in [1.165, 1.54) is 0 Å². The Bertz CT molecular complexity index is 323. The highest BCUT2D eigenvalue weighted by atomic mass is 79.9. The number of nitrogens with one attached hydrogen (secondary N) is 1. The molecule has 0 radical (unpaired) electrons. The van der Waals surface area contributed by atoms with Crippen molar-refractivity contribution in [2.45, 2.75) is 6.42 Å². The molecule has 1 rings (SSSR count). The molecule has 0 heterocycles. The maximum atomic E-state index is 8.62. The third-order valence-corrected chi connectivity index (χ3v) is 3.59. The standard InChI is InChI=1S/C11H17BrN2OS/c12-9-2-3-10(13)11(8-9)14-4-7-16-6-1-5-15/h2-3,8,14-15H,1,4-7,13H2. The number of rotatable bonds is 7. The third-order valence-electron chi connectivity index (χ3n) is 2.02. The molecule has 3 nitrogen and oxygen atoms in total. The largest absolute Gasteiger partial charge is 0.397 e. The molecule has 0 unspecified atom stereocenters. The van der Waals surface area contributed by atoms with Gasteiger partial charge in [-0.1, -0.05) is 15.9 Å². The first-order chi connectivity index (χ1) is 7.74. The number of hydrogen-bond donors (Lipinski definition) is 3. The highest BCUT2D eigenvalue weighted by Crippen LogP contribution is 2.23. The minimum atomic E-state index is 0.277. The fourth-order valence-electron chi connectivity index (χ4n) is 1.21. The van der Waals surface area contributed by atoms with Crippen LogP contribution >= 0.6 is 27.7 Å². The summed E-state index contributed by atoms with van der Waals surface area (Å²) < 4.78 is 1.03. The van der Waals surface area contributed by atoms with Gasteiger partial charge in [-0.05, 0) is 30.4 Å². The number of nitrogen functional groups attached to an aromatic ring is 1. The van der Waals surface area contributed by atoms with Gasteiger partial charge in [0.05, 0.1) is 11.4 Å². The summed E-state index contributed by atoms with van der Waals surface area (Å²) in [6, 6.07) is 5.79. The van der Waals surface area contributed by atoms with E-state index in [2.05, 4.69) is 21.2 Å². The Kier molecular flexibility index (Phi) is 6.68. The first-order valence-electron chi connectivity index (χ1n) is 5.21. The molecule has 0 aromatic heterocycles. The maximum absolute atomic E-state index is 8.62. The Morgan fingerprint density at radius 3 is 2.94 bits per heavy atom. The molecule has 0 saturated heterocycles. The number of anilines is 2. The van der Waals surface area contributed by atoms with E-state index < -0.39 is 0 Å². The van der Waals surface area contributed by atoms with Gasteiger partial charge in [0.2, 0.25) is 0 Å². The van der Waals surface area contributed by atoms with Crippen molar-refractivity contribution in [2.75, 3.05) is 35.7 Å². The summed E-state index contributed by atoms with van der Waals surface area (Å²) in [6.07, 6.45) is 0.865. The van der Waals surface area contributed by atoms with Crippen LogP contribution in [0.25, 0.3) is 0 Å². The van der Waals surface area contributed by atoms with Gasteiger partial charge in [0, 0.05) is 23.4 Å². The van der Waals surface area contributed by atoms with Crippen LogP contribution in [0, 0.1) is 0 Å². The van der Waals surface area contributed by atoms with Crippen LogP contribution in [0.1, 0.15) is 6.42 Å². The second-order valence-electron chi connectivity index (χ2n) is 3.35. The topological polar surface area (TPSA) is 58.3 Å². The molecule has 5 heteroatoms. The monoisotopic (exact) mass is 304 g/mol. The van der Waals surface area contributed by atoms with Crippen LogP contribution in [-0.2, 0) is 0 Å². The van der Waals surface area contributed by atoms with E-state index >= 15 is 0 Å². The van der Waals surface area contributed by atoms with Crippen LogP contribution in [0.3, 0.4) is 0 Å².